The van der Waals surface area contributed by atoms with Gasteiger partial charge in [0.25, 0.3) is 0 Å². The van der Waals surface area contributed by atoms with Gasteiger partial charge in [0.2, 0.25) is 5.91 Å². The second-order valence-corrected chi connectivity index (χ2v) is 4.57. The number of hydrogen-bond donors (Lipinski definition) is 1. The number of nitrogens with two attached hydrogens (primary N) is 1. The molecule has 0 aromatic rings. The maximum Gasteiger partial charge on any atom is 0.224 e. The summed E-state index contributed by atoms with van der Waals surface area (Å²) < 4.78 is -0.946. The van der Waals surface area contributed by atoms with Gasteiger partial charge in [-0.15, -0.1) is 23.2 Å². The summed E-state index contributed by atoms with van der Waals surface area (Å²) in [5.74, 6) is -0.821. The van der Waals surface area contributed by atoms with Gasteiger partial charge in [-0.05, 0) is 0 Å². The van der Waals surface area contributed by atoms with Gasteiger partial charge in [-0.2, -0.15) is 0 Å². The van der Waals surface area contributed by atoms with Crippen molar-refractivity contribution in [3.8, 4) is 0 Å². The van der Waals surface area contributed by atoms with Crippen molar-refractivity contribution >= 4 is 29.1 Å². The first kappa shape index (κ1) is 8.15. The van der Waals surface area contributed by atoms with Crippen LogP contribution in [0.2, 0.25) is 0 Å². The second kappa shape index (κ2) is 1.80. The minimum atomic E-state index is -0.946. The van der Waals surface area contributed by atoms with Crippen LogP contribution in [0.1, 0.15) is 13.8 Å². The third-order valence-corrected chi connectivity index (χ3v) is 3.56. The lowest BCUT2D eigenvalue weighted by Gasteiger charge is -1.98. The van der Waals surface area contributed by atoms with Gasteiger partial charge < -0.3 is 5.73 Å². The van der Waals surface area contributed by atoms with Crippen molar-refractivity contribution in [3.05, 3.63) is 0 Å². The first-order valence-electron chi connectivity index (χ1n) is 2.99. The van der Waals surface area contributed by atoms with Gasteiger partial charge in [0, 0.05) is 5.41 Å². The van der Waals surface area contributed by atoms with Crippen molar-refractivity contribution in [3.63, 3.8) is 0 Å². The Labute approximate surface area is 69.7 Å². The first-order valence-corrected chi connectivity index (χ1v) is 3.74. The lowest BCUT2D eigenvalue weighted by atomic mass is 10.1. The fourth-order valence-electron chi connectivity index (χ4n) is 1.19. The van der Waals surface area contributed by atoms with Crippen LogP contribution < -0.4 is 5.73 Å². The maximum atomic E-state index is 10.6. The third-order valence-electron chi connectivity index (χ3n) is 2.14. The lowest BCUT2D eigenvalue weighted by molar-refractivity contribution is -0.119. The normalized spacial score (nSPS) is 33.4. The van der Waals surface area contributed by atoms with Crippen LogP contribution in [0.4, 0.5) is 0 Å². The van der Waals surface area contributed by atoms with Gasteiger partial charge >= 0.3 is 0 Å². The quantitative estimate of drug-likeness (QED) is 0.610. The highest BCUT2D eigenvalue weighted by Gasteiger charge is 2.73. The molecule has 0 heterocycles. The van der Waals surface area contributed by atoms with Gasteiger partial charge in [-0.1, -0.05) is 13.8 Å². The molecule has 1 aliphatic carbocycles. The van der Waals surface area contributed by atoms with Crippen LogP contribution in [-0.2, 0) is 4.79 Å². The molecule has 1 rings (SSSR count). The summed E-state index contributed by atoms with van der Waals surface area (Å²) in [4.78, 5) is 10.6. The van der Waals surface area contributed by atoms with Crippen molar-refractivity contribution < 1.29 is 4.79 Å². The zero-order valence-electron chi connectivity index (χ0n) is 5.82. The Morgan fingerprint density at radius 2 is 1.80 bits per heavy atom. The SMILES string of the molecule is CC1(C)C(C(N)=O)C1(Cl)Cl. The summed E-state index contributed by atoms with van der Waals surface area (Å²) in [5.41, 5.74) is 4.68. The number of carbonyl (C=O) groups is 1. The number of rotatable bonds is 1. The molecule has 0 bridgehead atoms. The zero-order chi connectivity index (χ0) is 8.15. The Bertz CT molecular complexity index is 174. The Balaban J connectivity index is 2.81. The highest BCUT2D eigenvalue weighted by Crippen LogP contribution is 2.68. The van der Waals surface area contributed by atoms with E-state index in [2.05, 4.69) is 0 Å². The Morgan fingerprint density at radius 3 is 1.80 bits per heavy atom. The van der Waals surface area contributed by atoms with Crippen LogP contribution >= 0.6 is 23.2 Å². The number of carbonyl (C=O) groups excluding carboxylic acids is 1. The van der Waals surface area contributed by atoms with Gasteiger partial charge in [-0.25, -0.2) is 0 Å². The first-order chi connectivity index (χ1) is 4.32. The second-order valence-electron chi connectivity index (χ2n) is 3.18. The topological polar surface area (TPSA) is 43.1 Å². The summed E-state index contributed by atoms with van der Waals surface area (Å²) in [5, 5.41) is 0. The average molecular weight is 182 g/mol. The van der Waals surface area contributed by atoms with Crippen molar-refractivity contribution in [1.29, 1.82) is 0 Å². The highest BCUT2D eigenvalue weighted by molar-refractivity contribution is 6.53. The monoisotopic (exact) mass is 181 g/mol. The molecule has 1 atom stereocenters. The largest absolute Gasteiger partial charge is 0.369 e. The molecule has 0 radical (unpaired) electrons. The van der Waals surface area contributed by atoms with Crippen LogP contribution in [0.5, 0.6) is 0 Å². The van der Waals surface area contributed by atoms with E-state index in [0.717, 1.165) is 0 Å². The lowest BCUT2D eigenvalue weighted by Crippen LogP contribution is -2.17. The van der Waals surface area contributed by atoms with Crippen LogP contribution in [-0.4, -0.2) is 10.2 Å². The highest BCUT2D eigenvalue weighted by atomic mass is 35.5. The van der Waals surface area contributed by atoms with Gasteiger partial charge in [0.15, 0.2) is 0 Å². The molecule has 1 aliphatic rings. The van der Waals surface area contributed by atoms with Gasteiger partial charge in [-0.3, -0.25) is 4.79 Å². The summed E-state index contributed by atoms with van der Waals surface area (Å²) in [6.45, 7) is 3.64. The molecule has 0 aromatic heterocycles. The van der Waals surface area contributed by atoms with Crippen molar-refractivity contribution in [2.24, 2.45) is 17.1 Å². The smallest absolute Gasteiger partial charge is 0.224 e. The summed E-state index contributed by atoms with van der Waals surface area (Å²) in [6.07, 6.45) is 0. The average Bonchev–Trinajstić information content (AvgIpc) is 1.97. The van der Waals surface area contributed by atoms with Crippen LogP contribution in [0.15, 0.2) is 0 Å². The van der Waals surface area contributed by atoms with E-state index < -0.39 is 16.2 Å². The maximum absolute atomic E-state index is 10.6. The van der Waals surface area contributed by atoms with E-state index in [1.54, 1.807) is 0 Å². The number of amides is 1. The van der Waals surface area contributed by atoms with E-state index >= 15 is 0 Å². The number of hydrogen-bond acceptors (Lipinski definition) is 1. The molecular formula is C6H9Cl2NO. The molecule has 1 unspecified atom stereocenters. The standard InChI is InChI=1S/C6H9Cl2NO/c1-5(2)3(4(9)10)6(5,7)8/h3H,1-2H3,(H2,9,10). The van der Waals surface area contributed by atoms with Crippen molar-refractivity contribution in [2.45, 2.75) is 18.2 Å². The molecule has 0 saturated heterocycles. The Morgan fingerprint density at radius 1 is 1.50 bits per heavy atom. The van der Waals surface area contributed by atoms with Gasteiger partial charge in [0.05, 0.1) is 5.92 Å². The minimum Gasteiger partial charge on any atom is -0.369 e. The predicted molar refractivity (Wildman–Crippen MR) is 40.9 cm³/mol. The summed E-state index contributed by atoms with van der Waals surface area (Å²) in [7, 11) is 0. The fourth-order valence-corrected chi connectivity index (χ4v) is 2.06. The molecule has 4 heteroatoms. The van der Waals surface area contributed by atoms with Crippen LogP contribution in [0, 0.1) is 11.3 Å². The van der Waals surface area contributed by atoms with Gasteiger partial charge in [0.1, 0.15) is 4.33 Å². The fraction of sp³-hybridized carbons (Fsp3) is 0.833. The van der Waals surface area contributed by atoms with E-state index in [4.69, 9.17) is 28.9 Å². The van der Waals surface area contributed by atoms with Crippen molar-refractivity contribution in [2.75, 3.05) is 0 Å². The molecule has 2 nitrogen and oxygen atoms in total. The molecular weight excluding hydrogens is 173 g/mol. The van der Waals surface area contributed by atoms with E-state index in [-0.39, 0.29) is 5.41 Å². The molecule has 2 N–H and O–H groups in total. The minimum absolute atomic E-state index is 0.359. The van der Waals surface area contributed by atoms with E-state index in [9.17, 15) is 4.79 Å². The van der Waals surface area contributed by atoms with E-state index in [1.807, 2.05) is 13.8 Å². The van der Waals surface area contributed by atoms with E-state index in [0.29, 0.717) is 0 Å². The number of primary amides is 1. The Hall–Kier alpha value is 0.0500. The zero-order valence-corrected chi connectivity index (χ0v) is 7.33. The molecule has 0 aliphatic heterocycles. The van der Waals surface area contributed by atoms with E-state index in [1.165, 1.54) is 0 Å². The molecule has 10 heavy (non-hydrogen) atoms. The molecule has 1 saturated carbocycles. The molecule has 0 aromatic carbocycles. The summed E-state index contributed by atoms with van der Waals surface area (Å²) >= 11 is 11.5. The molecule has 0 spiro atoms. The Kier molecular flexibility index (Phi) is 1.47. The molecule has 58 valence electrons. The van der Waals surface area contributed by atoms with Crippen molar-refractivity contribution in [1.82, 2.24) is 0 Å². The third kappa shape index (κ3) is 0.753. The predicted octanol–water partition coefficient (Wildman–Crippen LogP) is 1.30. The number of halogens is 2. The van der Waals surface area contributed by atoms with Crippen LogP contribution in [0.3, 0.4) is 0 Å². The summed E-state index contributed by atoms with van der Waals surface area (Å²) in [6, 6.07) is 0. The van der Waals surface area contributed by atoms with Crippen LogP contribution in [0.25, 0.3) is 0 Å². The number of alkyl halides is 2. The molecule has 1 fully saturated rings. The molecule has 1 amide bonds.